The van der Waals surface area contributed by atoms with Crippen molar-refractivity contribution in [2.45, 2.75) is 19.1 Å². The Hall–Kier alpha value is -0.540. The summed E-state index contributed by atoms with van der Waals surface area (Å²) in [5, 5.41) is 2.04. The lowest BCUT2D eigenvalue weighted by molar-refractivity contribution is -0.00787. The van der Waals surface area contributed by atoms with Crippen molar-refractivity contribution in [3.8, 4) is 0 Å². The Kier molecular flexibility index (Phi) is 1.61. The van der Waals surface area contributed by atoms with Crippen LogP contribution >= 0.6 is 0 Å². The van der Waals surface area contributed by atoms with Gasteiger partial charge < -0.3 is 4.74 Å². The van der Waals surface area contributed by atoms with E-state index in [4.69, 9.17) is 4.74 Å². The molecule has 2 heterocycles. The van der Waals surface area contributed by atoms with Crippen molar-refractivity contribution < 1.29 is 4.74 Å². The summed E-state index contributed by atoms with van der Waals surface area (Å²) in [6.07, 6.45) is 6.18. The van der Waals surface area contributed by atoms with Crippen molar-refractivity contribution >= 4 is 0 Å². The third-order valence-corrected chi connectivity index (χ3v) is 1.83. The maximum Gasteiger partial charge on any atom is 0.168 e. The first-order valence-corrected chi connectivity index (χ1v) is 3.71. The van der Waals surface area contributed by atoms with Gasteiger partial charge in [0.15, 0.2) is 6.23 Å². The molecule has 0 saturated carbocycles. The van der Waals surface area contributed by atoms with Gasteiger partial charge in [0.1, 0.15) is 0 Å². The molecule has 55 valence electrons. The molecular formula is C7H11N2O. The second-order valence-corrected chi connectivity index (χ2v) is 2.58. The molecule has 2 aliphatic heterocycles. The van der Waals surface area contributed by atoms with Gasteiger partial charge in [-0.25, -0.2) is 0 Å². The molecule has 0 aromatic heterocycles. The second kappa shape index (κ2) is 2.60. The van der Waals surface area contributed by atoms with E-state index in [1.165, 1.54) is 6.42 Å². The number of hydrogen-bond acceptors (Lipinski definition) is 2. The van der Waals surface area contributed by atoms with Gasteiger partial charge in [0.2, 0.25) is 0 Å². The molecule has 1 radical (unpaired) electrons. The van der Waals surface area contributed by atoms with Gasteiger partial charge in [0.25, 0.3) is 0 Å². The summed E-state index contributed by atoms with van der Waals surface area (Å²) in [5.41, 5.74) is 4.29. The van der Waals surface area contributed by atoms with E-state index < -0.39 is 0 Å². The molecule has 2 aliphatic rings. The molecule has 1 saturated heterocycles. The lowest BCUT2D eigenvalue weighted by Crippen LogP contribution is -2.35. The molecule has 1 fully saturated rings. The zero-order chi connectivity index (χ0) is 6.81. The van der Waals surface area contributed by atoms with Gasteiger partial charge in [0, 0.05) is 19.5 Å². The van der Waals surface area contributed by atoms with Gasteiger partial charge in [-0.05, 0) is 12.5 Å². The maximum atomic E-state index is 5.29. The second-order valence-electron chi connectivity index (χ2n) is 2.58. The van der Waals surface area contributed by atoms with Crippen LogP contribution in [0.4, 0.5) is 0 Å². The normalized spacial score (nSPS) is 33.0. The van der Waals surface area contributed by atoms with Crippen molar-refractivity contribution in [2.75, 3.05) is 13.1 Å². The molecule has 0 spiro atoms. The number of ether oxygens (including phenoxy) is 1. The van der Waals surface area contributed by atoms with Crippen LogP contribution in [0.15, 0.2) is 12.3 Å². The molecule has 2 rings (SSSR count). The van der Waals surface area contributed by atoms with Crippen LogP contribution in [0.2, 0.25) is 0 Å². The molecule has 0 N–H and O–H groups in total. The summed E-state index contributed by atoms with van der Waals surface area (Å²) in [6.45, 7) is 2.03. The fourth-order valence-electron chi connectivity index (χ4n) is 1.30. The third-order valence-electron chi connectivity index (χ3n) is 1.83. The molecule has 0 aromatic rings. The van der Waals surface area contributed by atoms with Crippen LogP contribution in [0.1, 0.15) is 12.8 Å². The number of rotatable bonds is 1. The molecule has 3 nitrogen and oxygen atoms in total. The number of nitrogens with zero attached hydrogens (tertiary/aromatic N) is 2. The monoisotopic (exact) mass is 139 g/mol. The Labute approximate surface area is 60.6 Å². The van der Waals surface area contributed by atoms with Crippen LogP contribution in [0, 0.1) is 0 Å². The van der Waals surface area contributed by atoms with Gasteiger partial charge in [0.05, 0.1) is 6.26 Å². The standard InChI is InChI=1S/C7H11N2O/c1-3-7(10-6-1)9-5-2-4-8-9/h1,6-7H,2-5H2. The van der Waals surface area contributed by atoms with Crippen LogP contribution in [0.5, 0.6) is 0 Å². The van der Waals surface area contributed by atoms with Crippen molar-refractivity contribution in [1.29, 1.82) is 0 Å². The van der Waals surface area contributed by atoms with Gasteiger partial charge in [-0.15, -0.1) is 0 Å². The highest BCUT2D eigenvalue weighted by molar-refractivity contribution is 4.86. The first kappa shape index (κ1) is 6.19. The topological polar surface area (TPSA) is 26.6 Å². The fourth-order valence-corrected chi connectivity index (χ4v) is 1.30. The quantitative estimate of drug-likeness (QED) is 0.528. The summed E-state index contributed by atoms with van der Waals surface area (Å²) in [5.74, 6) is 0. The first-order chi connectivity index (χ1) is 4.97. The van der Waals surface area contributed by atoms with Gasteiger partial charge in [-0.2, -0.15) is 10.4 Å². The molecular weight excluding hydrogens is 128 g/mol. The van der Waals surface area contributed by atoms with Crippen molar-refractivity contribution in [1.82, 2.24) is 10.4 Å². The van der Waals surface area contributed by atoms with E-state index in [1.807, 2.05) is 11.1 Å². The zero-order valence-electron chi connectivity index (χ0n) is 5.86. The SMILES string of the molecule is C1=COC(N2CCC[N]2)C1. The van der Waals surface area contributed by atoms with Crippen LogP contribution in [-0.4, -0.2) is 24.3 Å². The van der Waals surface area contributed by atoms with Gasteiger partial charge in [-0.1, -0.05) is 0 Å². The van der Waals surface area contributed by atoms with Crippen LogP contribution in [0.25, 0.3) is 0 Å². The Morgan fingerprint density at radius 2 is 2.60 bits per heavy atom. The predicted molar refractivity (Wildman–Crippen MR) is 37.0 cm³/mol. The molecule has 0 bridgehead atoms. The molecule has 0 amide bonds. The van der Waals surface area contributed by atoms with E-state index in [0.717, 1.165) is 19.5 Å². The molecule has 0 aromatic carbocycles. The molecule has 1 atom stereocenters. The minimum atomic E-state index is 0.211. The molecule has 3 heteroatoms. The Morgan fingerprint density at radius 3 is 3.20 bits per heavy atom. The predicted octanol–water partition coefficient (Wildman–Crippen LogP) is 0.472. The Bertz CT molecular complexity index is 133. The highest BCUT2D eigenvalue weighted by atomic mass is 16.5. The first-order valence-electron chi connectivity index (χ1n) is 3.71. The van der Waals surface area contributed by atoms with Gasteiger partial charge >= 0.3 is 0 Å². The summed E-state index contributed by atoms with van der Waals surface area (Å²) in [4.78, 5) is 0. The summed E-state index contributed by atoms with van der Waals surface area (Å²) in [6, 6.07) is 0. The molecule has 0 aliphatic carbocycles. The zero-order valence-corrected chi connectivity index (χ0v) is 5.86. The van der Waals surface area contributed by atoms with Crippen molar-refractivity contribution in [2.24, 2.45) is 0 Å². The van der Waals surface area contributed by atoms with E-state index in [0.29, 0.717) is 0 Å². The lowest BCUT2D eigenvalue weighted by atomic mass is 10.4. The van der Waals surface area contributed by atoms with Crippen LogP contribution < -0.4 is 5.43 Å². The minimum absolute atomic E-state index is 0.211. The summed E-state index contributed by atoms with van der Waals surface area (Å²) < 4.78 is 5.29. The maximum absolute atomic E-state index is 5.29. The van der Waals surface area contributed by atoms with E-state index in [1.54, 1.807) is 6.26 Å². The van der Waals surface area contributed by atoms with E-state index in [2.05, 4.69) is 5.43 Å². The Morgan fingerprint density at radius 1 is 1.60 bits per heavy atom. The highest BCUT2D eigenvalue weighted by Crippen LogP contribution is 2.15. The fraction of sp³-hybridized carbons (Fsp3) is 0.714. The van der Waals surface area contributed by atoms with Crippen LogP contribution in [0.3, 0.4) is 0 Å². The largest absolute Gasteiger partial charge is 0.481 e. The van der Waals surface area contributed by atoms with E-state index >= 15 is 0 Å². The van der Waals surface area contributed by atoms with E-state index in [9.17, 15) is 0 Å². The van der Waals surface area contributed by atoms with Crippen molar-refractivity contribution in [3.63, 3.8) is 0 Å². The average molecular weight is 139 g/mol. The van der Waals surface area contributed by atoms with Gasteiger partial charge in [-0.3, -0.25) is 0 Å². The lowest BCUT2D eigenvalue weighted by Gasteiger charge is -2.20. The summed E-state index contributed by atoms with van der Waals surface area (Å²) in [7, 11) is 0. The third kappa shape index (κ3) is 1.02. The highest BCUT2D eigenvalue weighted by Gasteiger charge is 2.24. The van der Waals surface area contributed by atoms with Crippen molar-refractivity contribution in [3.05, 3.63) is 12.3 Å². The van der Waals surface area contributed by atoms with Crippen LogP contribution in [-0.2, 0) is 4.74 Å². The van der Waals surface area contributed by atoms with E-state index in [-0.39, 0.29) is 6.23 Å². The smallest absolute Gasteiger partial charge is 0.168 e. The molecule has 1 unspecified atom stereocenters. The Balaban J connectivity index is 1.87. The number of hydrogen-bond donors (Lipinski definition) is 0. The molecule has 10 heavy (non-hydrogen) atoms. The minimum Gasteiger partial charge on any atom is -0.481 e. The average Bonchev–Trinajstić information content (AvgIpc) is 2.59. The summed E-state index contributed by atoms with van der Waals surface area (Å²) >= 11 is 0.